The van der Waals surface area contributed by atoms with Crippen LogP contribution in [0.2, 0.25) is 0 Å². The average molecular weight is 702 g/mol. The summed E-state index contributed by atoms with van der Waals surface area (Å²) in [6.45, 7) is 12.4. The number of amides is 2. The minimum atomic E-state index is -0.00482. The maximum atomic E-state index is 14.5. The first-order valence-corrected chi connectivity index (χ1v) is 19.6. The summed E-state index contributed by atoms with van der Waals surface area (Å²) in [6.07, 6.45) is 17.5. The standard InChI is InChI=1S/C37H53BrN2O2S2/c1-6-8-10-12-14-16-18-26(3)24-39-34(29-21-20-28(5)43-29)32-33(37(39)42)35(30-22-23-31(38)44-30)40(36(32)41)25-27(4)19-17-15-13-11-9-7-2/h20-23,26-27H,6-19,24-25H2,1-5H3. The highest BCUT2D eigenvalue weighted by Gasteiger charge is 2.49. The molecule has 242 valence electrons. The summed E-state index contributed by atoms with van der Waals surface area (Å²) < 4.78 is 1.01. The lowest BCUT2D eigenvalue weighted by atomic mass is 10.0. The third kappa shape index (κ3) is 8.76. The monoisotopic (exact) mass is 700 g/mol. The largest absolute Gasteiger partial charge is 0.306 e. The molecule has 2 atom stereocenters. The van der Waals surface area contributed by atoms with Crippen LogP contribution in [0.1, 0.15) is 132 Å². The van der Waals surface area contributed by atoms with E-state index in [0.29, 0.717) is 36.1 Å². The van der Waals surface area contributed by atoms with E-state index in [9.17, 15) is 9.59 Å². The number of carbonyl (C=O) groups is 2. The molecule has 2 unspecified atom stereocenters. The molecule has 0 saturated heterocycles. The van der Waals surface area contributed by atoms with Gasteiger partial charge in [0, 0.05) is 18.0 Å². The maximum absolute atomic E-state index is 14.5. The Morgan fingerprint density at radius 2 is 1.07 bits per heavy atom. The lowest BCUT2D eigenvalue weighted by Gasteiger charge is -2.27. The van der Waals surface area contributed by atoms with Gasteiger partial charge in [-0.1, -0.05) is 105 Å². The van der Waals surface area contributed by atoms with Gasteiger partial charge in [0.1, 0.15) is 0 Å². The van der Waals surface area contributed by atoms with Crippen molar-refractivity contribution >= 4 is 61.8 Å². The Kier molecular flexibility index (Phi) is 13.8. The Morgan fingerprint density at radius 3 is 1.48 bits per heavy atom. The zero-order valence-electron chi connectivity index (χ0n) is 27.7. The van der Waals surface area contributed by atoms with Crippen molar-refractivity contribution in [2.75, 3.05) is 13.1 Å². The summed E-state index contributed by atoms with van der Waals surface area (Å²) in [5, 5.41) is 0. The van der Waals surface area contributed by atoms with Gasteiger partial charge >= 0.3 is 0 Å². The summed E-state index contributed by atoms with van der Waals surface area (Å²) >= 11 is 6.93. The Labute approximate surface area is 283 Å². The van der Waals surface area contributed by atoms with Gasteiger partial charge in [-0.2, -0.15) is 0 Å². The van der Waals surface area contributed by atoms with Crippen molar-refractivity contribution < 1.29 is 9.59 Å². The zero-order chi connectivity index (χ0) is 31.6. The number of carbonyl (C=O) groups excluding carboxylic acids is 2. The minimum Gasteiger partial charge on any atom is -0.306 e. The number of aryl methyl sites for hydroxylation is 1. The fourth-order valence-electron chi connectivity index (χ4n) is 6.61. The Morgan fingerprint density at radius 1 is 0.636 bits per heavy atom. The molecule has 2 aromatic heterocycles. The zero-order valence-corrected chi connectivity index (χ0v) is 30.9. The third-order valence-corrected chi connectivity index (χ3v) is 11.7. The lowest BCUT2D eigenvalue weighted by molar-refractivity contribution is -0.124. The highest BCUT2D eigenvalue weighted by Crippen LogP contribution is 2.49. The van der Waals surface area contributed by atoms with Gasteiger partial charge in [0.25, 0.3) is 11.8 Å². The SMILES string of the molecule is CCCCCCCCC(C)CN1C(=O)C2=C(c3ccc(Br)s3)N(CC(C)CCCCCCCC)C(=O)C2=C1c1ccc(C)s1. The Balaban J connectivity index is 1.60. The molecule has 44 heavy (non-hydrogen) atoms. The molecule has 0 N–H and O–H groups in total. The molecule has 2 aliphatic heterocycles. The van der Waals surface area contributed by atoms with Gasteiger partial charge in [-0.15, -0.1) is 22.7 Å². The van der Waals surface area contributed by atoms with Crippen LogP contribution in [0.4, 0.5) is 0 Å². The first kappa shape index (κ1) is 35.2. The van der Waals surface area contributed by atoms with Gasteiger partial charge in [-0.05, 0) is 71.8 Å². The van der Waals surface area contributed by atoms with Crippen molar-refractivity contribution in [3.8, 4) is 0 Å². The van der Waals surface area contributed by atoms with E-state index in [1.807, 2.05) is 15.9 Å². The van der Waals surface area contributed by atoms with Crippen LogP contribution in [0.15, 0.2) is 39.2 Å². The van der Waals surface area contributed by atoms with Gasteiger partial charge < -0.3 is 9.80 Å². The number of thiophene rings is 2. The van der Waals surface area contributed by atoms with Gasteiger partial charge in [0.05, 0.1) is 36.1 Å². The Bertz CT molecular complexity index is 1220. The lowest BCUT2D eigenvalue weighted by Crippen LogP contribution is -2.33. The number of halogens is 1. The van der Waals surface area contributed by atoms with Crippen LogP contribution in [0, 0.1) is 18.8 Å². The van der Waals surface area contributed by atoms with Crippen molar-refractivity contribution in [1.29, 1.82) is 0 Å². The van der Waals surface area contributed by atoms with E-state index in [-0.39, 0.29) is 11.8 Å². The minimum absolute atomic E-state index is 0.00482. The van der Waals surface area contributed by atoms with Crippen molar-refractivity contribution in [3.05, 3.63) is 53.8 Å². The van der Waals surface area contributed by atoms with Crippen molar-refractivity contribution in [1.82, 2.24) is 9.80 Å². The second kappa shape index (κ2) is 17.3. The van der Waals surface area contributed by atoms with Crippen molar-refractivity contribution in [3.63, 3.8) is 0 Å². The van der Waals surface area contributed by atoms with E-state index in [4.69, 9.17) is 0 Å². The van der Waals surface area contributed by atoms with Crippen molar-refractivity contribution in [2.45, 2.75) is 125 Å². The first-order valence-electron chi connectivity index (χ1n) is 17.2. The molecule has 2 aliphatic rings. The third-order valence-electron chi connectivity index (χ3n) is 9.05. The molecule has 0 bridgehead atoms. The summed E-state index contributed by atoms with van der Waals surface area (Å²) in [7, 11) is 0. The first-order chi connectivity index (χ1) is 21.3. The second-order valence-corrected chi connectivity index (χ2v) is 16.9. The Hall–Kier alpha value is -1.70. The second-order valence-electron chi connectivity index (χ2n) is 13.1. The topological polar surface area (TPSA) is 40.6 Å². The van der Waals surface area contributed by atoms with E-state index in [2.05, 4.69) is 68.7 Å². The fourth-order valence-corrected chi connectivity index (χ4v) is 8.99. The number of fused-ring (bicyclic) bond motifs is 1. The highest BCUT2D eigenvalue weighted by atomic mass is 79.9. The van der Waals surface area contributed by atoms with Gasteiger partial charge in [-0.3, -0.25) is 9.59 Å². The molecule has 0 saturated carbocycles. The van der Waals surface area contributed by atoms with Gasteiger partial charge in [-0.25, -0.2) is 0 Å². The molecule has 4 heterocycles. The predicted octanol–water partition coefficient (Wildman–Crippen LogP) is 11.5. The molecular formula is C37H53BrN2O2S2. The number of unbranched alkanes of at least 4 members (excludes halogenated alkanes) is 10. The molecule has 2 aromatic rings. The van der Waals surface area contributed by atoms with Crippen LogP contribution >= 0.6 is 38.6 Å². The molecule has 0 aliphatic carbocycles. The van der Waals surface area contributed by atoms with E-state index in [1.165, 1.54) is 81.9 Å². The van der Waals surface area contributed by atoms with Gasteiger partial charge in [0.15, 0.2) is 0 Å². The van der Waals surface area contributed by atoms with Crippen LogP contribution < -0.4 is 0 Å². The van der Waals surface area contributed by atoms with E-state index < -0.39 is 0 Å². The van der Waals surface area contributed by atoms with Crippen LogP contribution in [-0.4, -0.2) is 34.7 Å². The average Bonchev–Trinajstić information content (AvgIpc) is 3.74. The summed E-state index contributed by atoms with van der Waals surface area (Å²) in [5.74, 6) is 0.716. The van der Waals surface area contributed by atoms with E-state index >= 15 is 0 Å². The molecule has 2 amide bonds. The molecule has 0 radical (unpaired) electrons. The number of hydrogen-bond acceptors (Lipinski definition) is 4. The smallest absolute Gasteiger partial charge is 0.261 e. The maximum Gasteiger partial charge on any atom is 0.261 e. The molecule has 0 aromatic carbocycles. The molecule has 0 spiro atoms. The summed E-state index contributed by atoms with van der Waals surface area (Å²) in [4.78, 5) is 36.0. The molecule has 7 heteroatoms. The van der Waals surface area contributed by atoms with Crippen LogP contribution in [0.5, 0.6) is 0 Å². The van der Waals surface area contributed by atoms with Crippen LogP contribution in [-0.2, 0) is 9.59 Å². The molecule has 4 nitrogen and oxygen atoms in total. The molecule has 4 rings (SSSR count). The quantitative estimate of drug-likeness (QED) is 0.129. The number of hydrogen-bond donors (Lipinski definition) is 0. The van der Waals surface area contributed by atoms with Crippen molar-refractivity contribution in [2.24, 2.45) is 11.8 Å². The highest BCUT2D eigenvalue weighted by molar-refractivity contribution is 9.11. The van der Waals surface area contributed by atoms with Crippen LogP contribution in [0.3, 0.4) is 0 Å². The normalized spacial score (nSPS) is 16.6. The van der Waals surface area contributed by atoms with E-state index in [1.54, 1.807) is 22.7 Å². The molecule has 0 fully saturated rings. The summed E-state index contributed by atoms with van der Waals surface area (Å²) in [6, 6.07) is 8.29. The number of rotatable bonds is 20. The van der Waals surface area contributed by atoms with Gasteiger partial charge in [0.2, 0.25) is 0 Å². The summed E-state index contributed by atoms with van der Waals surface area (Å²) in [5.41, 5.74) is 2.89. The van der Waals surface area contributed by atoms with E-state index in [0.717, 1.165) is 37.8 Å². The fraction of sp³-hybridized carbons (Fsp3) is 0.622. The number of nitrogens with zero attached hydrogens (tertiary/aromatic N) is 2. The molecular weight excluding hydrogens is 648 g/mol. The predicted molar refractivity (Wildman–Crippen MR) is 193 cm³/mol. The van der Waals surface area contributed by atoms with Crippen LogP contribution in [0.25, 0.3) is 11.4 Å².